The van der Waals surface area contributed by atoms with Gasteiger partial charge >= 0.3 is 0 Å². The van der Waals surface area contributed by atoms with Gasteiger partial charge in [0.1, 0.15) is 17.6 Å². The van der Waals surface area contributed by atoms with E-state index in [0.717, 1.165) is 13.1 Å². The molecule has 0 spiro atoms. The Bertz CT molecular complexity index is 1050. The molecule has 2 N–H and O–H groups in total. The molecular formula is C23H22N6O. The first-order valence-electron chi connectivity index (χ1n) is 9.97. The number of nitriles is 1. The van der Waals surface area contributed by atoms with Crippen molar-refractivity contribution in [3.05, 3.63) is 72.2 Å². The summed E-state index contributed by atoms with van der Waals surface area (Å²) >= 11 is 0. The van der Waals surface area contributed by atoms with Gasteiger partial charge in [0, 0.05) is 24.5 Å². The molecule has 7 heteroatoms. The normalized spacial score (nSPS) is 13.4. The van der Waals surface area contributed by atoms with E-state index in [1.54, 1.807) is 18.2 Å². The standard InChI is InChI=1S/C23H22N6O/c24-14-17-6-2-3-7-20(17)28-22-16-25-21(15-26-22)23(30)27-18-8-10-19(11-9-18)29-12-4-1-5-13-29/h2-3,6-11,15-16H,1,4-5,12-13H2,(H,26,28)(H,27,30). The minimum Gasteiger partial charge on any atom is -0.372 e. The smallest absolute Gasteiger partial charge is 0.275 e. The van der Waals surface area contributed by atoms with E-state index in [1.165, 1.54) is 37.3 Å². The van der Waals surface area contributed by atoms with Crippen molar-refractivity contribution in [1.82, 2.24) is 9.97 Å². The van der Waals surface area contributed by atoms with Gasteiger partial charge < -0.3 is 15.5 Å². The number of benzene rings is 2. The number of anilines is 4. The molecule has 2 aromatic carbocycles. The highest BCUT2D eigenvalue weighted by Gasteiger charge is 2.12. The van der Waals surface area contributed by atoms with Crippen LogP contribution in [0.3, 0.4) is 0 Å². The summed E-state index contributed by atoms with van der Waals surface area (Å²) in [5, 5.41) is 15.1. The zero-order chi connectivity index (χ0) is 20.8. The van der Waals surface area contributed by atoms with Gasteiger partial charge in [-0.25, -0.2) is 9.97 Å². The van der Waals surface area contributed by atoms with E-state index in [2.05, 4.69) is 31.6 Å². The Morgan fingerprint density at radius 2 is 1.73 bits per heavy atom. The van der Waals surface area contributed by atoms with Gasteiger partial charge in [-0.1, -0.05) is 12.1 Å². The molecule has 1 aliphatic rings. The van der Waals surface area contributed by atoms with Crippen molar-refractivity contribution in [1.29, 1.82) is 5.26 Å². The van der Waals surface area contributed by atoms with Crippen molar-refractivity contribution in [3.63, 3.8) is 0 Å². The van der Waals surface area contributed by atoms with Gasteiger partial charge in [0.05, 0.1) is 23.6 Å². The second kappa shape index (κ2) is 9.05. The third-order valence-electron chi connectivity index (χ3n) is 5.04. The van der Waals surface area contributed by atoms with Gasteiger partial charge in [0.25, 0.3) is 5.91 Å². The molecular weight excluding hydrogens is 376 g/mol. The van der Waals surface area contributed by atoms with E-state index in [-0.39, 0.29) is 11.6 Å². The molecule has 1 amide bonds. The zero-order valence-corrected chi connectivity index (χ0v) is 16.5. The lowest BCUT2D eigenvalue weighted by atomic mass is 10.1. The van der Waals surface area contributed by atoms with E-state index >= 15 is 0 Å². The van der Waals surface area contributed by atoms with Gasteiger partial charge in [-0.15, -0.1) is 0 Å². The summed E-state index contributed by atoms with van der Waals surface area (Å²) in [6.07, 6.45) is 6.64. The molecule has 3 aromatic rings. The Morgan fingerprint density at radius 3 is 2.43 bits per heavy atom. The molecule has 150 valence electrons. The number of aromatic nitrogens is 2. The van der Waals surface area contributed by atoms with Crippen molar-refractivity contribution in [3.8, 4) is 6.07 Å². The predicted molar refractivity (Wildman–Crippen MR) is 117 cm³/mol. The summed E-state index contributed by atoms with van der Waals surface area (Å²) in [6.45, 7) is 2.17. The van der Waals surface area contributed by atoms with Gasteiger partial charge in [0.2, 0.25) is 0 Å². The third-order valence-corrected chi connectivity index (χ3v) is 5.04. The number of hydrogen-bond donors (Lipinski definition) is 2. The van der Waals surface area contributed by atoms with Crippen LogP contribution in [0.2, 0.25) is 0 Å². The molecule has 0 unspecified atom stereocenters. The topological polar surface area (TPSA) is 93.9 Å². The fourth-order valence-corrected chi connectivity index (χ4v) is 3.44. The maximum Gasteiger partial charge on any atom is 0.275 e. The number of amides is 1. The van der Waals surface area contributed by atoms with Crippen molar-refractivity contribution in [2.45, 2.75) is 19.3 Å². The quantitative estimate of drug-likeness (QED) is 0.664. The van der Waals surface area contributed by atoms with Crippen LogP contribution in [0, 0.1) is 11.3 Å². The molecule has 0 saturated carbocycles. The lowest BCUT2D eigenvalue weighted by Crippen LogP contribution is -2.29. The van der Waals surface area contributed by atoms with Crippen LogP contribution in [0.15, 0.2) is 60.9 Å². The van der Waals surface area contributed by atoms with Crippen molar-refractivity contribution in [2.75, 3.05) is 28.6 Å². The number of hydrogen-bond acceptors (Lipinski definition) is 6. The summed E-state index contributed by atoms with van der Waals surface area (Å²) in [4.78, 5) is 23.3. The molecule has 2 heterocycles. The molecule has 4 rings (SSSR count). The predicted octanol–water partition coefficient (Wildman–Crippen LogP) is 4.33. The number of nitrogens with one attached hydrogen (secondary N) is 2. The van der Waals surface area contributed by atoms with Crippen molar-refractivity contribution in [2.24, 2.45) is 0 Å². The van der Waals surface area contributed by atoms with Crippen LogP contribution in [0.5, 0.6) is 0 Å². The average Bonchev–Trinajstić information content (AvgIpc) is 2.81. The molecule has 1 aromatic heterocycles. The molecule has 1 saturated heterocycles. The SMILES string of the molecule is N#Cc1ccccc1Nc1cnc(C(=O)Nc2ccc(N3CCCCC3)cc2)cn1. The lowest BCUT2D eigenvalue weighted by Gasteiger charge is -2.28. The number of para-hydroxylation sites is 1. The number of rotatable bonds is 5. The number of carbonyl (C=O) groups is 1. The molecule has 30 heavy (non-hydrogen) atoms. The highest BCUT2D eigenvalue weighted by atomic mass is 16.1. The van der Waals surface area contributed by atoms with E-state index < -0.39 is 0 Å². The minimum absolute atomic E-state index is 0.217. The van der Waals surface area contributed by atoms with Gasteiger partial charge in [0.15, 0.2) is 0 Å². The number of nitrogens with zero attached hydrogens (tertiary/aromatic N) is 4. The highest BCUT2D eigenvalue weighted by Crippen LogP contribution is 2.22. The second-order valence-corrected chi connectivity index (χ2v) is 7.12. The molecule has 1 fully saturated rings. The maximum atomic E-state index is 12.5. The lowest BCUT2D eigenvalue weighted by molar-refractivity contribution is 0.102. The number of piperidine rings is 1. The fraction of sp³-hybridized carbons (Fsp3) is 0.217. The van der Waals surface area contributed by atoms with Gasteiger partial charge in [-0.3, -0.25) is 4.79 Å². The van der Waals surface area contributed by atoms with Crippen LogP contribution in [0.1, 0.15) is 35.3 Å². The Balaban J connectivity index is 1.38. The van der Waals surface area contributed by atoms with Gasteiger partial charge in [-0.05, 0) is 55.7 Å². The van der Waals surface area contributed by atoms with Crippen LogP contribution < -0.4 is 15.5 Å². The summed E-state index contributed by atoms with van der Waals surface area (Å²) in [6, 6.07) is 17.1. The van der Waals surface area contributed by atoms with Crippen LogP contribution in [0.4, 0.5) is 22.9 Å². The Morgan fingerprint density at radius 1 is 0.967 bits per heavy atom. The molecule has 0 bridgehead atoms. The minimum atomic E-state index is -0.322. The summed E-state index contributed by atoms with van der Waals surface area (Å²) in [5.74, 6) is 0.136. The van der Waals surface area contributed by atoms with Crippen molar-refractivity contribution >= 4 is 28.8 Å². The monoisotopic (exact) mass is 398 g/mol. The molecule has 0 radical (unpaired) electrons. The van der Waals surface area contributed by atoms with Crippen LogP contribution in [-0.4, -0.2) is 29.0 Å². The number of carbonyl (C=O) groups excluding carboxylic acids is 1. The average molecular weight is 398 g/mol. The fourth-order valence-electron chi connectivity index (χ4n) is 3.44. The Kier molecular flexibility index (Phi) is 5.85. The van der Waals surface area contributed by atoms with Crippen molar-refractivity contribution < 1.29 is 4.79 Å². The second-order valence-electron chi connectivity index (χ2n) is 7.12. The maximum absolute atomic E-state index is 12.5. The first-order valence-corrected chi connectivity index (χ1v) is 9.97. The van der Waals surface area contributed by atoms with Crippen LogP contribution >= 0.6 is 0 Å². The summed E-state index contributed by atoms with van der Waals surface area (Å²) < 4.78 is 0. The zero-order valence-electron chi connectivity index (χ0n) is 16.5. The summed E-state index contributed by atoms with van der Waals surface area (Å²) in [5.41, 5.74) is 3.26. The third kappa shape index (κ3) is 4.55. The largest absolute Gasteiger partial charge is 0.372 e. The van der Waals surface area contributed by atoms with Crippen LogP contribution in [-0.2, 0) is 0 Å². The first-order chi connectivity index (χ1) is 14.7. The van der Waals surface area contributed by atoms with E-state index in [4.69, 9.17) is 5.26 Å². The van der Waals surface area contributed by atoms with E-state index in [9.17, 15) is 4.79 Å². The molecule has 1 aliphatic heterocycles. The summed E-state index contributed by atoms with van der Waals surface area (Å²) in [7, 11) is 0. The molecule has 0 atom stereocenters. The Labute approximate surface area is 175 Å². The first kappa shape index (κ1) is 19.4. The highest BCUT2D eigenvalue weighted by molar-refractivity contribution is 6.02. The molecule has 0 aliphatic carbocycles. The van der Waals surface area contributed by atoms with E-state index in [1.807, 2.05) is 30.3 Å². The Hall–Kier alpha value is -3.92. The molecule has 7 nitrogen and oxygen atoms in total. The van der Waals surface area contributed by atoms with Crippen LogP contribution in [0.25, 0.3) is 0 Å². The van der Waals surface area contributed by atoms with E-state index in [0.29, 0.717) is 22.8 Å². The van der Waals surface area contributed by atoms with Gasteiger partial charge in [-0.2, -0.15) is 5.26 Å².